The number of aromatic nitrogens is 2. The monoisotopic (exact) mass is 1800 g/mol. The zero-order valence-electron chi connectivity index (χ0n) is 72.5. The number of primary amides is 2. The number of nitrogens with zero attached hydrogens (tertiary/aromatic N) is 5. The van der Waals surface area contributed by atoms with Crippen LogP contribution in [-0.2, 0) is 106 Å². The number of aromatic hydroxyl groups is 1. The number of para-hydroxylation sites is 2. The van der Waals surface area contributed by atoms with E-state index in [1.165, 1.54) is 55.1 Å². The molecule has 0 radical (unpaired) electrons. The molecule has 694 valence electrons. The molecular formula is C86H119N21O20S. The summed E-state index contributed by atoms with van der Waals surface area (Å²) in [5.41, 5.74) is 26.3. The average molecular weight is 1800 g/mol. The molecule has 4 saturated heterocycles. The number of hydrogen-bond acceptors (Lipinski definition) is 22. The Morgan fingerprint density at radius 2 is 0.953 bits per heavy atom. The highest BCUT2D eigenvalue weighted by Crippen LogP contribution is 2.28. The van der Waals surface area contributed by atoms with Crippen molar-refractivity contribution in [1.29, 1.82) is 0 Å². The molecule has 0 saturated carbocycles. The number of hydrogen-bond donors (Lipinski definition) is 18. The van der Waals surface area contributed by atoms with Gasteiger partial charge in [0.05, 0.1) is 18.7 Å². The fourth-order valence-corrected chi connectivity index (χ4v) is 17.3. The molecule has 4 fully saturated rings. The number of phenols is 1. The Morgan fingerprint density at radius 1 is 0.484 bits per heavy atom. The van der Waals surface area contributed by atoms with E-state index in [2.05, 4.69) is 63.1 Å². The van der Waals surface area contributed by atoms with Gasteiger partial charge in [0.25, 0.3) is 0 Å². The van der Waals surface area contributed by atoms with Crippen LogP contribution in [-0.4, -0.2) is 301 Å². The minimum Gasteiger partial charge on any atom is -0.508 e. The van der Waals surface area contributed by atoms with E-state index in [-0.39, 0.29) is 109 Å². The summed E-state index contributed by atoms with van der Waals surface area (Å²) in [5.74, 6) is -17.9. The molecule has 0 bridgehead atoms. The van der Waals surface area contributed by atoms with Crippen LogP contribution >= 0.6 is 11.8 Å². The van der Waals surface area contributed by atoms with Gasteiger partial charge in [-0.1, -0.05) is 88.1 Å². The zero-order valence-corrected chi connectivity index (χ0v) is 73.3. The number of phenolic OH excluding ortho intramolecular Hbond substituents is 1. The number of thioether (sulfide) groups is 1. The van der Waals surface area contributed by atoms with E-state index in [9.17, 15) is 67.7 Å². The van der Waals surface area contributed by atoms with E-state index in [4.69, 9.17) is 22.9 Å². The third-order valence-electron chi connectivity index (χ3n) is 23.4. The summed E-state index contributed by atoms with van der Waals surface area (Å²) in [4.78, 5) is 272. The fourth-order valence-electron chi connectivity index (χ4n) is 16.5. The topological polar surface area (TPSA) is 620 Å². The number of H-pyrrole nitrogens is 2. The molecule has 14 atom stereocenters. The van der Waals surface area contributed by atoms with E-state index >= 15 is 28.8 Å². The second-order valence-electron chi connectivity index (χ2n) is 32.7. The third kappa shape index (κ3) is 26.5. The lowest BCUT2D eigenvalue weighted by atomic mass is 10.00. The van der Waals surface area contributed by atoms with Gasteiger partial charge >= 0.3 is 5.97 Å². The second kappa shape index (κ2) is 47.2. The minimum absolute atomic E-state index is 0.00780. The van der Waals surface area contributed by atoms with E-state index in [1.807, 2.05) is 13.8 Å². The first kappa shape index (κ1) is 99.1. The Bertz CT molecular complexity index is 4870. The molecule has 128 heavy (non-hydrogen) atoms. The molecule has 22 N–H and O–H groups in total. The van der Waals surface area contributed by atoms with Gasteiger partial charge in [-0.25, -0.2) is 0 Å². The SMILES string of the molecule is CCCC[C@H]1C(=O)N(C)[C@@H](CCCC)C(=O)N[C@@H](C)C(=O)N[C@H](C(=O)NCC(N)=O)CSCC(=O)N[C@@H](Cc2ccc(O)cc2)C(=O)N2CCC[C@H]2C(=O)N[C@@H](CC(=O)O)C(=O)N2CCC[C@H]2C(=O)N[C@@H](CN)C(=O)N[C@@H](CCC(N)=O)C(=O)N2CCC[C@H]2C(=O)N[C@@H](Cc2c[nH]c3ccccc23)C(=O)N[C@@H](CCN)C(=O)N[C@@H](Cc2c[nH]c3ccccc23)C(=O)N1C. The van der Waals surface area contributed by atoms with Crippen molar-refractivity contribution in [2.24, 2.45) is 22.9 Å². The lowest BCUT2D eigenvalue weighted by molar-refractivity contribution is -0.149. The number of carbonyl (C=O) groups is 18. The second-order valence-corrected chi connectivity index (χ2v) is 33.7. The Morgan fingerprint density at radius 3 is 1.48 bits per heavy atom. The summed E-state index contributed by atoms with van der Waals surface area (Å²) < 4.78 is 0. The summed E-state index contributed by atoms with van der Waals surface area (Å²) >= 11 is 0.790. The number of carboxylic acid groups (broad SMARTS) is 1. The number of nitrogens with one attached hydrogen (secondary N) is 12. The molecule has 17 amide bonds. The largest absolute Gasteiger partial charge is 0.508 e. The van der Waals surface area contributed by atoms with Crippen LogP contribution in [0.5, 0.6) is 5.75 Å². The van der Waals surface area contributed by atoms with Crippen molar-refractivity contribution in [3.8, 4) is 5.75 Å². The van der Waals surface area contributed by atoms with Crippen molar-refractivity contribution >= 4 is 140 Å². The molecule has 0 aliphatic carbocycles. The van der Waals surface area contributed by atoms with Crippen LogP contribution in [0.2, 0.25) is 0 Å². The van der Waals surface area contributed by atoms with Gasteiger partial charge in [0.2, 0.25) is 100 Å². The lowest BCUT2D eigenvalue weighted by Gasteiger charge is -2.36. The highest BCUT2D eigenvalue weighted by Gasteiger charge is 2.46. The van der Waals surface area contributed by atoms with Crippen molar-refractivity contribution in [2.45, 2.75) is 227 Å². The van der Waals surface area contributed by atoms with Crippen molar-refractivity contribution in [3.63, 3.8) is 0 Å². The van der Waals surface area contributed by atoms with Crippen molar-refractivity contribution < 1.29 is 96.5 Å². The van der Waals surface area contributed by atoms with Crippen LogP contribution < -0.4 is 76.1 Å². The maximum absolute atomic E-state index is 15.7. The average Bonchev–Trinajstić information content (AvgIpc) is 1.75. The van der Waals surface area contributed by atoms with Crippen molar-refractivity contribution in [1.82, 2.24) is 87.6 Å². The maximum atomic E-state index is 15.7. The van der Waals surface area contributed by atoms with Crippen LogP contribution in [0.25, 0.3) is 21.8 Å². The van der Waals surface area contributed by atoms with Gasteiger partial charge in [-0.15, -0.1) is 11.8 Å². The normalized spacial score (nSPS) is 25.3. The highest BCUT2D eigenvalue weighted by molar-refractivity contribution is 8.00. The molecule has 4 aliphatic heterocycles. The standard InChI is InChI=1S/C86H119N21O20S/c1-6-8-21-64-78(119)94-47(3)73(114)102-63(74(115)93-44-70(90)110)45-128-46-71(111)95-59(37-48-26-28-51(108)29-27-48)84(125)106-35-15-24-66(106)80(121)100-61(40-72(112)113)85(126)107-36-16-25-67(107)81(122)101-62(41-88)77(118)97-57(30-31-69(89)109)83(124)105-34-14-23-65(105)79(120)98-58(38-49-42-91-54-19-12-10-17-52(49)54)76(117)96-56(32-33-87)75(116)99-60(39-50-43-92-55-20-13-11-18-53(50)55)82(123)104(5)68(22-9-7-2)86(127)103(64)4/h10-13,17-20,26-29,42-43,47,56-68,91-92,108H,6-9,14-16,21-25,30-41,44-46,87-88H2,1-5H3,(H2,89,109)(H2,90,110)(H,93,115)(H,94,119)(H,95,111)(H,96,117)(H,97,118)(H,98,120)(H,99,116)(H,100,121)(H,101,122)(H,102,114)(H,112,113)/t47-,56-,57-,58-,59-,60-,61-,62-,63-,64-,65-,66-,67-,68-/m0/s1. The molecule has 9 rings (SSSR count). The third-order valence-corrected chi connectivity index (χ3v) is 24.5. The molecule has 2 aromatic heterocycles. The van der Waals surface area contributed by atoms with Gasteiger partial charge in [0.15, 0.2) is 0 Å². The Labute approximate surface area is 743 Å². The Kier molecular flexibility index (Phi) is 36.5. The van der Waals surface area contributed by atoms with Crippen LogP contribution in [0.15, 0.2) is 85.2 Å². The predicted octanol–water partition coefficient (Wildman–Crippen LogP) is -2.83. The number of aromatic amines is 2. The number of rotatable bonds is 23. The molecule has 6 heterocycles. The predicted molar refractivity (Wildman–Crippen MR) is 468 cm³/mol. The van der Waals surface area contributed by atoms with Gasteiger partial charge in [0, 0.05) is 106 Å². The van der Waals surface area contributed by atoms with Gasteiger partial charge in [0.1, 0.15) is 90.3 Å². The van der Waals surface area contributed by atoms with Crippen molar-refractivity contribution in [3.05, 3.63) is 102 Å². The summed E-state index contributed by atoms with van der Waals surface area (Å²) in [6.45, 7) is 3.16. The highest BCUT2D eigenvalue weighted by atomic mass is 32.2. The Balaban J connectivity index is 1.07. The molecule has 4 aliphatic rings. The van der Waals surface area contributed by atoms with Crippen molar-refractivity contribution in [2.75, 3.05) is 64.9 Å². The number of unbranched alkanes of at least 4 members (excludes halogenated alkanes) is 2. The number of likely N-dealkylation sites (N-methyl/N-ethyl adjacent to an activating group) is 2. The Hall–Kier alpha value is -12.7. The summed E-state index contributed by atoms with van der Waals surface area (Å²) in [5, 5.41) is 48.0. The number of nitrogens with two attached hydrogens (primary N) is 4. The van der Waals surface area contributed by atoms with E-state index in [0.717, 1.165) is 26.5 Å². The first-order chi connectivity index (χ1) is 61.1. The first-order valence-corrected chi connectivity index (χ1v) is 44.4. The zero-order chi connectivity index (χ0) is 93.2. The smallest absolute Gasteiger partial charge is 0.305 e. The number of aliphatic carboxylic acids is 1. The molecule has 0 spiro atoms. The molecule has 41 nitrogen and oxygen atoms in total. The van der Waals surface area contributed by atoms with Crippen LogP contribution in [0, 0.1) is 0 Å². The minimum atomic E-state index is -1.87. The van der Waals surface area contributed by atoms with Crippen LogP contribution in [0.1, 0.15) is 140 Å². The van der Waals surface area contributed by atoms with E-state index in [0.29, 0.717) is 64.2 Å². The number of fused-ring (bicyclic) bond motifs is 5. The molecule has 5 aromatic rings. The quantitative estimate of drug-likeness (QED) is 0.0313. The number of benzene rings is 3. The van der Waals surface area contributed by atoms with Gasteiger partial charge in [-0.3, -0.25) is 86.3 Å². The lowest BCUT2D eigenvalue weighted by Crippen LogP contribution is -2.61. The number of carbonyl (C=O) groups excluding carboxylic acids is 17. The van der Waals surface area contributed by atoms with Crippen LogP contribution in [0.4, 0.5) is 0 Å². The van der Waals surface area contributed by atoms with Gasteiger partial charge < -0.3 is 121 Å². The molecular weight excluding hydrogens is 1680 g/mol. The van der Waals surface area contributed by atoms with Crippen LogP contribution in [0.3, 0.4) is 0 Å². The number of carboxylic acids is 1. The van der Waals surface area contributed by atoms with E-state index < -0.39 is 235 Å². The number of amides is 17. The van der Waals surface area contributed by atoms with Gasteiger partial charge in [-0.05, 0) is 119 Å². The summed E-state index contributed by atoms with van der Waals surface area (Å²) in [6, 6.07) is -1.07. The first-order valence-electron chi connectivity index (χ1n) is 43.2. The maximum Gasteiger partial charge on any atom is 0.305 e. The molecule has 42 heteroatoms. The van der Waals surface area contributed by atoms with Gasteiger partial charge in [-0.2, -0.15) is 0 Å². The molecule has 3 aromatic carbocycles. The van der Waals surface area contributed by atoms with E-state index in [1.54, 1.807) is 60.9 Å². The summed E-state index contributed by atoms with van der Waals surface area (Å²) in [6.07, 6.45) is 2.83. The summed E-state index contributed by atoms with van der Waals surface area (Å²) in [7, 11) is 2.76. The fraction of sp³-hybridized carbons (Fsp3) is 0.535. The molecule has 0 unspecified atom stereocenters.